The molecule has 2 heteroatoms. The summed E-state index contributed by atoms with van der Waals surface area (Å²) in [6, 6.07) is 6.54. The summed E-state index contributed by atoms with van der Waals surface area (Å²) in [4.78, 5) is 0. The van der Waals surface area contributed by atoms with E-state index in [-0.39, 0.29) is 6.04 Å². The Bertz CT molecular complexity index is 283. The molecule has 0 aromatic heterocycles. The molecule has 1 aromatic carbocycles. The Hall–Kier alpha value is -0.470. The predicted molar refractivity (Wildman–Crippen MR) is 61.3 cm³/mol. The van der Waals surface area contributed by atoms with Gasteiger partial charge in [0.25, 0.3) is 0 Å². The van der Waals surface area contributed by atoms with Crippen molar-refractivity contribution < 1.29 is 0 Å². The Balaban J connectivity index is 2.84. The fourth-order valence-electron chi connectivity index (χ4n) is 1.30. The molecule has 2 N–H and O–H groups in total. The zero-order chi connectivity index (χ0) is 9.84. The van der Waals surface area contributed by atoms with Crippen LogP contribution in [0.15, 0.2) is 18.2 Å². The van der Waals surface area contributed by atoms with Crippen molar-refractivity contribution in [3.8, 4) is 0 Å². The molecule has 0 saturated carbocycles. The molecule has 0 aliphatic rings. The summed E-state index contributed by atoms with van der Waals surface area (Å²) >= 11 is 4.18. The summed E-state index contributed by atoms with van der Waals surface area (Å²) in [5.41, 5.74) is 9.83. The minimum atomic E-state index is 0.136. The normalized spacial score (nSPS) is 12.9. The Morgan fingerprint density at radius 1 is 1.31 bits per heavy atom. The standard InChI is InChI=1S/C11H17NS/c1-8-3-4-10(7-9(8)2)11(12)5-6-13/h3-4,7,11,13H,5-6,12H2,1-2H3. The first-order chi connectivity index (χ1) is 6.15. The molecule has 1 nitrogen and oxygen atoms in total. The second-order valence-electron chi connectivity index (χ2n) is 3.46. The molecular weight excluding hydrogens is 178 g/mol. The monoisotopic (exact) mass is 195 g/mol. The Labute approximate surface area is 85.8 Å². The van der Waals surface area contributed by atoms with Gasteiger partial charge >= 0.3 is 0 Å². The molecule has 0 aliphatic heterocycles. The van der Waals surface area contributed by atoms with Crippen molar-refractivity contribution in [1.82, 2.24) is 0 Å². The van der Waals surface area contributed by atoms with E-state index >= 15 is 0 Å². The molecule has 0 heterocycles. The van der Waals surface area contributed by atoms with E-state index in [4.69, 9.17) is 5.73 Å². The zero-order valence-corrected chi connectivity index (χ0v) is 9.14. The average molecular weight is 195 g/mol. The number of nitrogens with two attached hydrogens (primary N) is 1. The van der Waals surface area contributed by atoms with Crippen LogP contribution in [0.3, 0.4) is 0 Å². The summed E-state index contributed by atoms with van der Waals surface area (Å²) in [5.74, 6) is 0.841. The van der Waals surface area contributed by atoms with E-state index in [1.54, 1.807) is 0 Å². The molecule has 0 amide bonds. The van der Waals surface area contributed by atoms with E-state index in [0.717, 1.165) is 12.2 Å². The van der Waals surface area contributed by atoms with Gasteiger partial charge in [-0.2, -0.15) is 12.6 Å². The van der Waals surface area contributed by atoms with E-state index in [1.165, 1.54) is 16.7 Å². The van der Waals surface area contributed by atoms with Gasteiger partial charge in [-0.1, -0.05) is 18.2 Å². The van der Waals surface area contributed by atoms with Crippen LogP contribution < -0.4 is 5.73 Å². The first-order valence-electron chi connectivity index (χ1n) is 4.58. The second kappa shape index (κ2) is 4.68. The van der Waals surface area contributed by atoms with Gasteiger partial charge in [0.05, 0.1) is 0 Å². The van der Waals surface area contributed by atoms with Crippen LogP contribution in [0, 0.1) is 13.8 Å². The topological polar surface area (TPSA) is 26.0 Å². The van der Waals surface area contributed by atoms with Crippen molar-refractivity contribution in [2.45, 2.75) is 26.3 Å². The second-order valence-corrected chi connectivity index (χ2v) is 3.91. The number of benzene rings is 1. The lowest BCUT2D eigenvalue weighted by Crippen LogP contribution is -2.10. The molecule has 72 valence electrons. The lowest BCUT2D eigenvalue weighted by Gasteiger charge is -2.12. The van der Waals surface area contributed by atoms with Gasteiger partial charge in [0.15, 0.2) is 0 Å². The van der Waals surface area contributed by atoms with Crippen LogP contribution in [0.5, 0.6) is 0 Å². The Kier molecular flexibility index (Phi) is 3.82. The fraction of sp³-hybridized carbons (Fsp3) is 0.455. The van der Waals surface area contributed by atoms with Crippen molar-refractivity contribution in [3.05, 3.63) is 34.9 Å². The van der Waals surface area contributed by atoms with Crippen LogP contribution in [0.1, 0.15) is 29.2 Å². The third kappa shape index (κ3) is 2.75. The predicted octanol–water partition coefficient (Wildman–Crippen LogP) is 2.62. The van der Waals surface area contributed by atoms with Gasteiger partial charge < -0.3 is 5.73 Å². The first kappa shape index (κ1) is 10.6. The van der Waals surface area contributed by atoms with Crippen molar-refractivity contribution in [2.24, 2.45) is 5.73 Å². The molecule has 1 atom stereocenters. The average Bonchev–Trinajstić information content (AvgIpc) is 2.10. The largest absolute Gasteiger partial charge is 0.324 e. The molecule has 13 heavy (non-hydrogen) atoms. The van der Waals surface area contributed by atoms with Crippen molar-refractivity contribution in [2.75, 3.05) is 5.75 Å². The third-order valence-electron chi connectivity index (χ3n) is 2.40. The molecule has 1 unspecified atom stereocenters. The summed E-state index contributed by atoms with van der Waals surface area (Å²) in [6.07, 6.45) is 0.936. The van der Waals surface area contributed by atoms with Gasteiger partial charge in [0, 0.05) is 6.04 Å². The van der Waals surface area contributed by atoms with E-state index in [2.05, 4.69) is 44.7 Å². The van der Waals surface area contributed by atoms with Gasteiger partial charge in [-0.25, -0.2) is 0 Å². The summed E-state index contributed by atoms with van der Waals surface area (Å²) < 4.78 is 0. The van der Waals surface area contributed by atoms with E-state index in [9.17, 15) is 0 Å². The van der Waals surface area contributed by atoms with E-state index in [0.29, 0.717) is 0 Å². The van der Waals surface area contributed by atoms with Crippen molar-refractivity contribution in [1.29, 1.82) is 0 Å². The Morgan fingerprint density at radius 3 is 2.54 bits per heavy atom. The van der Waals surface area contributed by atoms with Crippen LogP contribution in [0.25, 0.3) is 0 Å². The van der Waals surface area contributed by atoms with Crippen LogP contribution in [-0.4, -0.2) is 5.75 Å². The summed E-state index contributed by atoms with van der Waals surface area (Å²) in [6.45, 7) is 4.23. The van der Waals surface area contributed by atoms with Crippen LogP contribution in [0.4, 0.5) is 0 Å². The SMILES string of the molecule is Cc1ccc(C(N)CCS)cc1C. The molecule has 1 rings (SSSR count). The van der Waals surface area contributed by atoms with Crippen molar-refractivity contribution in [3.63, 3.8) is 0 Å². The molecule has 0 radical (unpaired) electrons. The van der Waals surface area contributed by atoms with Gasteiger partial charge in [0.2, 0.25) is 0 Å². The molecule has 0 bridgehead atoms. The highest BCUT2D eigenvalue weighted by atomic mass is 32.1. The number of hydrogen-bond donors (Lipinski definition) is 2. The lowest BCUT2D eigenvalue weighted by molar-refractivity contribution is 0.705. The highest BCUT2D eigenvalue weighted by molar-refractivity contribution is 7.80. The highest BCUT2D eigenvalue weighted by Gasteiger charge is 2.05. The third-order valence-corrected chi connectivity index (χ3v) is 2.66. The maximum Gasteiger partial charge on any atom is 0.0302 e. The molecule has 1 aromatic rings. The summed E-state index contributed by atoms with van der Waals surface area (Å²) in [5, 5.41) is 0. The minimum Gasteiger partial charge on any atom is -0.324 e. The Morgan fingerprint density at radius 2 is 2.00 bits per heavy atom. The number of hydrogen-bond acceptors (Lipinski definition) is 2. The zero-order valence-electron chi connectivity index (χ0n) is 8.25. The van der Waals surface area contributed by atoms with Gasteiger partial charge in [0.1, 0.15) is 0 Å². The van der Waals surface area contributed by atoms with Gasteiger partial charge in [-0.05, 0) is 42.7 Å². The maximum atomic E-state index is 5.98. The van der Waals surface area contributed by atoms with Crippen LogP contribution in [-0.2, 0) is 0 Å². The van der Waals surface area contributed by atoms with Gasteiger partial charge in [-0.3, -0.25) is 0 Å². The first-order valence-corrected chi connectivity index (χ1v) is 5.22. The molecule has 0 spiro atoms. The molecule has 0 saturated heterocycles. The highest BCUT2D eigenvalue weighted by Crippen LogP contribution is 2.17. The summed E-state index contributed by atoms with van der Waals surface area (Å²) in [7, 11) is 0. The molecule has 0 fully saturated rings. The van der Waals surface area contributed by atoms with Gasteiger partial charge in [-0.15, -0.1) is 0 Å². The van der Waals surface area contributed by atoms with Crippen LogP contribution in [0.2, 0.25) is 0 Å². The van der Waals surface area contributed by atoms with Crippen LogP contribution >= 0.6 is 12.6 Å². The fourth-order valence-corrected chi connectivity index (χ4v) is 1.58. The molecular formula is C11H17NS. The molecule has 0 aliphatic carbocycles. The number of thiol groups is 1. The number of rotatable bonds is 3. The smallest absolute Gasteiger partial charge is 0.0302 e. The maximum absolute atomic E-state index is 5.98. The quantitative estimate of drug-likeness (QED) is 0.712. The number of aryl methyl sites for hydroxylation is 2. The van der Waals surface area contributed by atoms with E-state index in [1.807, 2.05) is 0 Å². The lowest BCUT2D eigenvalue weighted by atomic mass is 10.0. The van der Waals surface area contributed by atoms with Crippen molar-refractivity contribution >= 4 is 12.6 Å². The minimum absolute atomic E-state index is 0.136. The van der Waals surface area contributed by atoms with E-state index < -0.39 is 0 Å².